The number of esters is 3. The maximum absolute atomic E-state index is 14.0. The van der Waals surface area contributed by atoms with Gasteiger partial charge in [0.05, 0.1) is 42.1 Å². The van der Waals surface area contributed by atoms with Crippen molar-refractivity contribution in [3.63, 3.8) is 0 Å². The summed E-state index contributed by atoms with van der Waals surface area (Å²) in [5.74, 6) is -3.06. The quantitative estimate of drug-likeness (QED) is 0.440. The number of ether oxygens (including phenoxy) is 3. The predicted molar refractivity (Wildman–Crippen MR) is 124 cm³/mol. The Bertz CT molecular complexity index is 1290. The van der Waals surface area contributed by atoms with E-state index in [2.05, 4.69) is 5.32 Å². The van der Waals surface area contributed by atoms with Crippen LogP contribution in [0.5, 0.6) is 5.75 Å². The molecule has 0 bridgehead atoms. The third-order valence-corrected chi connectivity index (χ3v) is 5.42. The summed E-state index contributed by atoms with van der Waals surface area (Å²) < 4.78 is 57.0. The first-order valence-corrected chi connectivity index (χ1v) is 11.0. The molecule has 0 aliphatic carbocycles. The van der Waals surface area contributed by atoms with Gasteiger partial charge in [0.25, 0.3) is 0 Å². The largest absolute Gasteiger partial charge is 0.465 e. The lowest BCUT2D eigenvalue weighted by molar-refractivity contribution is -0.141. The van der Waals surface area contributed by atoms with Crippen LogP contribution in [0, 0.1) is 0 Å². The highest BCUT2D eigenvalue weighted by Gasteiger charge is 2.44. The number of methoxy groups -OCH3 is 1. The van der Waals surface area contributed by atoms with Crippen LogP contribution in [0.3, 0.4) is 0 Å². The van der Waals surface area contributed by atoms with Crippen molar-refractivity contribution in [2.24, 2.45) is 0 Å². The zero-order chi connectivity index (χ0) is 27.5. The summed E-state index contributed by atoms with van der Waals surface area (Å²) in [7, 11) is 1.18. The highest BCUT2D eigenvalue weighted by molar-refractivity contribution is 6.04. The van der Waals surface area contributed by atoms with Crippen molar-refractivity contribution >= 4 is 29.6 Å². The van der Waals surface area contributed by atoms with E-state index < -0.39 is 53.0 Å². The van der Waals surface area contributed by atoms with Crippen LogP contribution < -0.4 is 15.0 Å². The Morgan fingerprint density at radius 3 is 2.35 bits per heavy atom. The SMILES string of the molecule is CCOC(=O)C1=C(C)N(c2cccc(C(=O)OC)c2)C(=O)NC1c1c(OC(C)=O)cccc1C(F)(F)F. The maximum Gasteiger partial charge on any atom is 0.416 e. The molecular formula is C25H23F3N2O7. The van der Waals surface area contributed by atoms with E-state index in [0.717, 1.165) is 30.0 Å². The summed E-state index contributed by atoms with van der Waals surface area (Å²) >= 11 is 0. The third kappa shape index (κ3) is 5.57. The number of halogens is 3. The van der Waals surface area contributed by atoms with Gasteiger partial charge in [-0.05, 0) is 44.2 Å². The molecule has 1 atom stereocenters. The molecule has 37 heavy (non-hydrogen) atoms. The lowest BCUT2D eigenvalue weighted by atomic mass is 9.90. The van der Waals surface area contributed by atoms with E-state index in [1.807, 2.05) is 0 Å². The van der Waals surface area contributed by atoms with E-state index in [-0.39, 0.29) is 29.1 Å². The van der Waals surface area contributed by atoms with Gasteiger partial charge >= 0.3 is 30.1 Å². The molecule has 0 aromatic heterocycles. The summed E-state index contributed by atoms with van der Waals surface area (Å²) in [6.45, 7) is 3.76. The Hall–Kier alpha value is -4.35. The second-order valence-corrected chi connectivity index (χ2v) is 7.79. The summed E-state index contributed by atoms with van der Waals surface area (Å²) in [6, 6.07) is 6.04. The smallest absolute Gasteiger partial charge is 0.416 e. The number of benzene rings is 2. The number of carbonyl (C=O) groups is 4. The zero-order valence-corrected chi connectivity index (χ0v) is 20.3. The van der Waals surface area contributed by atoms with Crippen molar-refractivity contribution in [3.05, 3.63) is 70.4 Å². The number of amides is 2. The number of nitrogens with zero attached hydrogens (tertiary/aromatic N) is 1. The normalized spacial score (nSPS) is 15.7. The molecule has 0 saturated heterocycles. The first-order chi connectivity index (χ1) is 17.4. The molecule has 0 spiro atoms. The molecule has 1 unspecified atom stereocenters. The fourth-order valence-electron chi connectivity index (χ4n) is 3.97. The van der Waals surface area contributed by atoms with E-state index in [1.165, 1.54) is 45.2 Å². The van der Waals surface area contributed by atoms with Crippen LogP contribution in [0.25, 0.3) is 0 Å². The van der Waals surface area contributed by atoms with E-state index in [0.29, 0.717) is 0 Å². The number of hydrogen-bond acceptors (Lipinski definition) is 7. The molecule has 0 radical (unpaired) electrons. The van der Waals surface area contributed by atoms with Crippen LogP contribution in [0.2, 0.25) is 0 Å². The minimum absolute atomic E-state index is 0.0556. The lowest BCUT2D eigenvalue weighted by Crippen LogP contribution is -2.48. The van der Waals surface area contributed by atoms with Crippen LogP contribution in [-0.2, 0) is 25.2 Å². The summed E-state index contributed by atoms with van der Waals surface area (Å²) in [5.41, 5.74) is -1.99. The highest BCUT2D eigenvalue weighted by atomic mass is 19.4. The van der Waals surface area contributed by atoms with Gasteiger partial charge in [-0.25, -0.2) is 14.4 Å². The van der Waals surface area contributed by atoms with Crippen molar-refractivity contribution in [1.82, 2.24) is 5.32 Å². The second-order valence-electron chi connectivity index (χ2n) is 7.79. The van der Waals surface area contributed by atoms with Gasteiger partial charge in [-0.3, -0.25) is 9.69 Å². The predicted octanol–water partition coefficient (Wildman–Crippen LogP) is 4.53. The molecule has 2 amide bonds. The highest BCUT2D eigenvalue weighted by Crippen LogP contribution is 2.44. The number of allylic oxidation sites excluding steroid dienone is 1. The van der Waals surface area contributed by atoms with Gasteiger partial charge in [0.2, 0.25) is 0 Å². The van der Waals surface area contributed by atoms with Crippen molar-refractivity contribution in [2.75, 3.05) is 18.6 Å². The molecule has 1 aliphatic heterocycles. The minimum Gasteiger partial charge on any atom is -0.465 e. The van der Waals surface area contributed by atoms with Gasteiger partial charge < -0.3 is 19.5 Å². The Morgan fingerprint density at radius 1 is 1.08 bits per heavy atom. The summed E-state index contributed by atoms with van der Waals surface area (Å²) in [5, 5.41) is 2.41. The first-order valence-electron chi connectivity index (χ1n) is 11.0. The molecular weight excluding hydrogens is 497 g/mol. The molecule has 2 aromatic rings. The van der Waals surface area contributed by atoms with E-state index in [4.69, 9.17) is 14.2 Å². The fraction of sp³-hybridized carbons (Fsp3) is 0.280. The molecule has 3 rings (SSSR count). The monoisotopic (exact) mass is 520 g/mol. The number of hydrogen-bond donors (Lipinski definition) is 1. The van der Waals surface area contributed by atoms with Crippen LogP contribution in [0.4, 0.5) is 23.7 Å². The molecule has 1 heterocycles. The van der Waals surface area contributed by atoms with Crippen molar-refractivity contribution in [3.8, 4) is 5.75 Å². The Morgan fingerprint density at radius 2 is 1.76 bits per heavy atom. The number of urea groups is 1. The Kier molecular flexibility index (Phi) is 7.90. The average molecular weight is 520 g/mol. The zero-order valence-electron chi connectivity index (χ0n) is 20.3. The summed E-state index contributed by atoms with van der Waals surface area (Å²) in [6.07, 6.45) is -4.92. The van der Waals surface area contributed by atoms with Gasteiger partial charge in [0, 0.05) is 18.2 Å². The molecule has 1 N–H and O–H groups in total. The van der Waals surface area contributed by atoms with Crippen molar-refractivity contribution < 1.29 is 46.6 Å². The van der Waals surface area contributed by atoms with Crippen LogP contribution >= 0.6 is 0 Å². The molecule has 2 aromatic carbocycles. The average Bonchev–Trinajstić information content (AvgIpc) is 2.82. The van der Waals surface area contributed by atoms with Gasteiger partial charge in [-0.2, -0.15) is 13.2 Å². The van der Waals surface area contributed by atoms with Crippen LogP contribution in [0.1, 0.15) is 48.3 Å². The number of anilines is 1. The van der Waals surface area contributed by atoms with Gasteiger partial charge in [-0.15, -0.1) is 0 Å². The first kappa shape index (κ1) is 27.2. The number of rotatable bonds is 6. The lowest BCUT2D eigenvalue weighted by Gasteiger charge is -2.36. The Balaban J connectivity index is 2.30. The standard InChI is InChI=1S/C25H23F3N2O7/c1-5-36-23(33)19-13(2)30(16-9-6-8-15(12-16)22(32)35-4)24(34)29-21(19)20-17(25(26,27)28)10-7-11-18(20)37-14(3)31/h6-12,21H,5H2,1-4H3,(H,29,34). The van der Waals surface area contributed by atoms with Gasteiger partial charge in [0.15, 0.2) is 0 Å². The van der Waals surface area contributed by atoms with E-state index >= 15 is 0 Å². The van der Waals surface area contributed by atoms with Crippen molar-refractivity contribution in [2.45, 2.75) is 33.0 Å². The van der Waals surface area contributed by atoms with E-state index in [9.17, 15) is 32.3 Å². The van der Waals surface area contributed by atoms with Gasteiger partial charge in [0.1, 0.15) is 5.75 Å². The number of nitrogens with one attached hydrogen (secondary N) is 1. The number of alkyl halides is 3. The molecule has 9 nitrogen and oxygen atoms in total. The fourth-order valence-corrected chi connectivity index (χ4v) is 3.97. The molecule has 12 heteroatoms. The summed E-state index contributed by atoms with van der Waals surface area (Å²) in [4.78, 5) is 51.0. The maximum atomic E-state index is 14.0. The van der Waals surface area contributed by atoms with E-state index in [1.54, 1.807) is 0 Å². The van der Waals surface area contributed by atoms with Gasteiger partial charge in [-0.1, -0.05) is 12.1 Å². The molecule has 0 saturated carbocycles. The topological polar surface area (TPSA) is 111 Å². The molecule has 1 aliphatic rings. The number of carbonyl (C=O) groups excluding carboxylic acids is 4. The second kappa shape index (κ2) is 10.7. The van der Waals surface area contributed by atoms with Crippen LogP contribution in [-0.4, -0.2) is 37.7 Å². The minimum atomic E-state index is -4.92. The molecule has 0 fully saturated rings. The third-order valence-electron chi connectivity index (χ3n) is 5.42. The van der Waals surface area contributed by atoms with Crippen LogP contribution in [0.15, 0.2) is 53.7 Å². The van der Waals surface area contributed by atoms with Crippen molar-refractivity contribution in [1.29, 1.82) is 0 Å². The molecule has 196 valence electrons. The Labute approximate surface area is 209 Å².